The molecular formula is C24H29N3O5. The van der Waals surface area contributed by atoms with Crippen LogP contribution in [0.15, 0.2) is 36.4 Å². The molecule has 0 bridgehead atoms. The summed E-state index contributed by atoms with van der Waals surface area (Å²) in [4.78, 5) is 54.6. The third-order valence-corrected chi connectivity index (χ3v) is 6.61. The molecule has 2 fully saturated rings. The minimum Gasteiger partial charge on any atom is -0.483 e. The Kier molecular flexibility index (Phi) is 6.58. The fraction of sp³-hybridized carbons (Fsp3) is 0.500. The summed E-state index contributed by atoms with van der Waals surface area (Å²) >= 11 is 0. The number of likely N-dealkylation sites (N-methyl/N-ethyl adjacent to an activating group) is 1. The third-order valence-electron chi connectivity index (χ3n) is 6.61. The van der Waals surface area contributed by atoms with E-state index in [9.17, 15) is 19.2 Å². The second-order valence-corrected chi connectivity index (χ2v) is 8.55. The van der Waals surface area contributed by atoms with Crippen molar-refractivity contribution < 1.29 is 23.9 Å². The molecular weight excluding hydrogens is 410 g/mol. The second-order valence-electron chi connectivity index (χ2n) is 8.55. The molecule has 2 saturated heterocycles. The SMILES string of the molecule is CN1C(=O)COc2ccccc2C/C=C/C[C@@H]2[C@H]1CCCN2C(=O)CN1C(=O)CCC1=O. The summed E-state index contributed by atoms with van der Waals surface area (Å²) in [5.74, 6) is -0.265. The van der Waals surface area contributed by atoms with Crippen LogP contribution in [0.5, 0.6) is 5.75 Å². The van der Waals surface area contributed by atoms with E-state index < -0.39 is 0 Å². The van der Waals surface area contributed by atoms with Crippen LogP contribution in [-0.4, -0.2) is 77.2 Å². The molecule has 32 heavy (non-hydrogen) atoms. The lowest BCUT2D eigenvalue weighted by molar-refractivity contribution is -0.149. The Labute approximate surface area is 187 Å². The maximum atomic E-state index is 13.2. The molecule has 1 aromatic carbocycles. The first-order chi connectivity index (χ1) is 15.5. The van der Waals surface area contributed by atoms with Crippen molar-refractivity contribution >= 4 is 23.6 Å². The van der Waals surface area contributed by atoms with E-state index in [4.69, 9.17) is 4.74 Å². The van der Waals surface area contributed by atoms with Gasteiger partial charge in [-0.25, -0.2) is 0 Å². The number of piperidine rings is 1. The Morgan fingerprint density at radius 1 is 1.03 bits per heavy atom. The van der Waals surface area contributed by atoms with E-state index in [0.717, 1.165) is 23.3 Å². The summed E-state index contributed by atoms with van der Waals surface area (Å²) < 4.78 is 5.82. The van der Waals surface area contributed by atoms with Crippen molar-refractivity contribution in [3.8, 4) is 5.75 Å². The Morgan fingerprint density at radius 3 is 2.56 bits per heavy atom. The van der Waals surface area contributed by atoms with E-state index in [2.05, 4.69) is 6.08 Å². The number of carbonyl (C=O) groups excluding carboxylic acids is 4. The minimum atomic E-state index is -0.293. The minimum absolute atomic E-state index is 0.0643. The number of benzene rings is 1. The van der Waals surface area contributed by atoms with Crippen LogP contribution in [0.3, 0.4) is 0 Å². The summed E-state index contributed by atoms with van der Waals surface area (Å²) in [7, 11) is 1.76. The number of hydrogen-bond donors (Lipinski definition) is 0. The molecule has 1 aromatic rings. The van der Waals surface area contributed by atoms with Crippen molar-refractivity contribution in [2.45, 2.75) is 50.6 Å². The van der Waals surface area contributed by atoms with Crippen molar-refractivity contribution in [3.05, 3.63) is 42.0 Å². The second kappa shape index (κ2) is 9.54. The van der Waals surface area contributed by atoms with Crippen molar-refractivity contribution in [1.82, 2.24) is 14.7 Å². The van der Waals surface area contributed by atoms with Crippen molar-refractivity contribution in [1.29, 1.82) is 0 Å². The molecule has 0 unspecified atom stereocenters. The highest BCUT2D eigenvalue weighted by Gasteiger charge is 2.39. The van der Waals surface area contributed by atoms with E-state index in [-0.39, 0.29) is 61.7 Å². The molecule has 3 aliphatic rings. The molecule has 170 valence electrons. The third kappa shape index (κ3) is 4.54. The van der Waals surface area contributed by atoms with Gasteiger partial charge in [-0.3, -0.25) is 24.1 Å². The summed E-state index contributed by atoms with van der Waals surface area (Å²) in [5.41, 5.74) is 0.999. The monoisotopic (exact) mass is 439 g/mol. The van der Waals surface area contributed by atoms with Crippen LogP contribution in [0, 0.1) is 0 Å². The van der Waals surface area contributed by atoms with Crippen LogP contribution in [0.2, 0.25) is 0 Å². The van der Waals surface area contributed by atoms with Gasteiger partial charge in [-0.05, 0) is 37.3 Å². The molecule has 2 atom stereocenters. The number of allylic oxidation sites excluding steroid dienone is 1. The first-order valence-electron chi connectivity index (χ1n) is 11.2. The van der Waals surface area contributed by atoms with Crippen LogP contribution in [0.4, 0.5) is 0 Å². The summed E-state index contributed by atoms with van der Waals surface area (Å²) in [6.07, 6.45) is 7.24. The maximum Gasteiger partial charge on any atom is 0.260 e. The summed E-state index contributed by atoms with van der Waals surface area (Å²) in [6, 6.07) is 7.29. The van der Waals surface area contributed by atoms with Gasteiger partial charge in [-0.1, -0.05) is 30.4 Å². The zero-order chi connectivity index (χ0) is 22.7. The zero-order valence-corrected chi connectivity index (χ0v) is 18.4. The highest BCUT2D eigenvalue weighted by atomic mass is 16.5. The quantitative estimate of drug-likeness (QED) is 0.515. The lowest BCUT2D eigenvalue weighted by Gasteiger charge is -2.45. The molecule has 0 radical (unpaired) electrons. The largest absolute Gasteiger partial charge is 0.483 e. The van der Waals surface area contributed by atoms with E-state index in [1.807, 2.05) is 30.3 Å². The number of fused-ring (bicyclic) bond motifs is 2. The summed E-state index contributed by atoms with van der Waals surface area (Å²) in [5, 5.41) is 0. The molecule has 8 heteroatoms. The number of carbonyl (C=O) groups is 4. The number of nitrogens with zero attached hydrogens (tertiary/aromatic N) is 3. The maximum absolute atomic E-state index is 13.2. The molecule has 3 aliphatic heterocycles. The van der Waals surface area contributed by atoms with Gasteiger partial charge in [0, 0.05) is 26.4 Å². The van der Waals surface area contributed by atoms with Crippen LogP contribution in [0.25, 0.3) is 0 Å². The van der Waals surface area contributed by atoms with E-state index in [0.29, 0.717) is 25.1 Å². The van der Waals surface area contributed by atoms with Gasteiger partial charge >= 0.3 is 0 Å². The van der Waals surface area contributed by atoms with Crippen LogP contribution < -0.4 is 4.74 Å². The van der Waals surface area contributed by atoms with E-state index in [1.165, 1.54) is 0 Å². The predicted octanol–water partition coefficient (Wildman–Crippen LogP) is 1.53. The highest BCUT2D eigenvalue weighted by Crippen LogP contribution is 2.27. The van der Waals surface area contributed by atoms with Crippen LogP contribution in [-0.2, 0) is 25.6 Å². The lowest BCUT2D eigenvalue weighted by Crippen LogP contribution is -2.59. The number of rotatable bonds is 2. The molecule has 4 amide bonds. The van der Waals surface area contributed by atoms with Crippen LogP contribution in [0.1, 0.15) is 37.7 Å². The van der Waals surface area contributed by atoms with Gasteiger partial charge < -0.3 is 14.5 Å². The normalized spacial score (nSPS) is 25.4. The number of imide groups is 1. The van der Waals surface area contributed by atoms with Crippen molar-refractivity contribution in [3.63, 3.8) is 0 Å². The number of para-hydroxylation sites is 1. The van der Waals surface area contributed by atoms with Gasteiger partial charge in [0.2, 0.25) is 17.7 Å². The Hall–Kier alpha value is -3.16. The Bertz CT molecular complexity index is 927. The number of hydrogen-bond acceptors (Lipinski definition) is 5. The van der Waals surface area contributed by atoms with Gasteiger partial charge in [-0.2, -0.15) is 0 Å². The molecule has 0 N–H and O–H groups in total. The van der Waals surface area contributed by atoms with Gasteiger partial charge in [0.1, 0.15) is 12.3 Å². The number of amides is 4. The Balaban J connectivity index is 1.56. The highest BCUT2D eigenvalue weighted by molar-refractivity contribution is 6.04. The summed E-state index contributed by atoms with van der Waals surface area (Å²) in [6.45, 7) is 0.259. The first kappa shape index (κ1) is 22.0. The molecule has 0 aromatic heterocycles. The lowest BCUT2D eigenvalue weighted by atomic mass is 9.91. The number of likely N-dealkylation sites (tertiary alicyclic amines) is 2. The molecule has 0 saturated carbocycles. The van der Waals surface area contributed by atoms with Gasteiger partial charge in [0.05, 0.1) is 12.1 Å². The average Bonchev–Trinajstić information content (AvgIpc) is 3.11. The van der Waals surface area contributed by atoms with Gasteiger partial charge in [0.25, 0.3) is 5.91 Å². The zero-order valence-electron chi connectivity index (χ0n) is 18.4. The average molecular weight is 440 g/mol. The fourth-order valence-electron chi connectivity index (χ4n) is 4.79. The van der Waals surface area contributed by atoms with Gasteiger partial charge in [0.15, 0.2) is 6.61 Å². The first-order valence-corrected chi connectivity index (χ1v) is 11.2. The van der Waals surface area contributed by atoms with E-state index in [1.54, 1.807) is 16.8 Å². The standard InChI is InChI=1S/C24H29N3O5/c1-25-18-10-6-14-26(23(30)15-27-21(28)12-13-22(27)29)19(18)9-4-2-7-17-8-3-5-11-20(17)32-16-24(25)31/h2-5,8,11,18-19H,6-7,9-10,12-16H2,1H3/b4-2+/t18-,19-/m1/s1. The molecule has 0 aliphatic carbocycles. The smallest absolute Gasteiger partial charge is 0.260 e. The predicted molar refractivity (Wildman–Crippen MR) is 117 cm³/mol. The number of ether oxygens (including phenoxy) is 1. The molecule has 4 rings (SSSR count). The van der Waals surface area contributed by atoms with Gasteiger partial charge in [-0.15, -0.1) is 0 Å². The molecule has 3 heterocycles. The van der Waals surface area contributed by atoms with Crippen molar-refractivity contribution in [2.24, 2.45) is 0 Å². The van der Waals surface area contributed by atoms with E-state index >= 15 is 0 Å². The molecule has 8 nitrogen and oxygen atoms in total. The van der Waals surface area contributed by atoms with Crippen LogP contribution >= 0.6 is 0 Å². The fourth-order valence-corrected chi connectivity index (χ4v) is 4.79. The van der Waals surface area contributed by atoms with Crippen molar-refractivity contribution in [2.75, 3.05) is 26.7 Å². The topological polar surface area (TPSA) is 87.2 Å². The molecule has 0 spiro atoms. The Morgan fingerprint density at radius 2 is 1.78 bits per heavy atom.